The van der Waals surface area contributed by atoms with Crippen LogP contribution in [0.1, 0.15) is 51.4 Å². The van der Waals surface area contributed by atoms with Crippen molar-refractivity contribution in [2.75, 3.05) is 19.6 Å². The average molecular weight is 493 g/mol. The molecule has 184 valence electrons. The van der Waals surface area contributed by atoms with Crippen LogP contribution in [0.15, 0.2) is 47.8 Å². The maximum absolute atomic E-state index is 13.5. The number of hydrogen-bond acceptors (Lipinski definition) is 5. The lowest BCUT2D eigenvalue weighted by atomic mass is 10.0. The van der Waals surface area contributed by atoms with Gasteiger partial charge in [0.2, 0.25) is 5.91 Å². The van der Waals surface area contributed by atoms with Crippen LogP contribution in [0.2, 0.25) is 0 Å². The fourth-order valence-corrected chi connectivity index (χ4v) is 5.73. The molecule has 3 aromatic rings. The minimum Gasteiger partial charge on any atom is -0.393 e. The monoisotopic (exact) mass is 492 g/mol. The van der Waals surface area contributed by atoms with Gasteiger partial charge in [-0.05, 0) is 42.7 Å². The largest absolute Gasteiger partial charge is 0.393 e. The van der Waals surface area contributed by atoms with Crippen LogP contribution in [0.4, 0.5) is 0 Å². The predicted octanol–water partition coefficient (Wildman–Crippen LogP) is 3.30. The molecule has 0 radical (unpaired) electrons. The predicted molar refractivity (Wildman–Crippen MR) is 135 cm³/mol. The van der Waals surface area contributed by atoms with E-state index in [2.05, 4.69) is 24.3 Å². The van der Waals surface area contributed by atoms with Crippen molar-refractivity contribution in [2.24, 2.45) is 0 Å². The molecule has 2 aliphatic rings. The topological polar surface area (TPSA) is 78.7 Å². The lowest BCUT2D eigenvalue weighted by Crippen LogP contribution is -2.41. The van der Waals surface area contributed by atoms with E-state index in [1.54, 1.807) is 16.2 Å². The minimum absolute atomic E-state index is 0.0810. The summed E-state index contributed by atoms with van der Waals surface area (Å²) in [5.41, 5.74) is 3.75. The summed E-state index contributed by atoms with van der Waals surface area (Å²) in [6.45, 7) is 2.89. The van der Waals surface area contributed by atoms with Gasteiger partial charge in [-0.1, -0.05) is 36.4 Å². The van der Waals surface area contributed by atoms with Crippen LogP contribution in [-0.4, -0.2) is 62.2 Å². The number of amides is 2. The summed E-state index contributed by atoms with van der Waals surface area (Å²) in [6.07, 6.45) is 3.83. The second kappa shape index (κ2) is 10.7. The first kappa shape index (κ1) is 23.8. The van der Waals surface area contributed by atoms with Gasteiger partial charge in [-0.25, -0.2) is 0 Å². The fraction of sp³-hybridized carbons (Fsp3) is 0.444. The molecular weight excluding hydrogens is 460 g/mol. The summed E-state index contributed by atoms with van der Waals surface area (Å²) >= 11 is 1.59. The number of aromatic nitrogens is 2. The molecule has 5 rings (SSSR count). The molecule has 1 fully saturated rings. The van der Waals surface area contributed by atoms with Crippen molar-refractivity contribution in [2.45, 2.75) is 57.7 Å². The summed E-state index contributed by atoms with van der Waals surface area (Å²) in [7, 11) is 0. The zero-order valence-corrected chi connectivity index (χ0v) is 20.8. The van der Waals surface area contributed by atoms with Gasteiger partial charge in [-0.3, -0.25) is 14.3 Å². The Morgan fingerprint density at radius 1 is 1.03 bits per heavy atom. The van der Waals surface area contributed by atoms with Gasteiger partial charge in [0, 0.05) is 55.3 Å². The Kier molecular flexibility index (Phi) is 7.29. The molecule has 8 heteroatoms. The quantitative estimate of drug-likeness (QED) is 0.549. The van der Waals surface area contributed by atoms with Crippen LogP contribution in [0, 0.1) is 0 Å². The highest BCUT2D eigenvalue weighted by atomic mass is 32.1. The Bertz CT molecular complexity index is 1150. The van der Waals surface area contributed by atoms with Crippen LogP contribution in [-0.2, 0) is 37.1 Å². The molecule has 1 aromatic carbocycles. The van der Waals surface area contributed by atoms with Gasteiger partial charge in [-0.2, -0.15) is 5.10 Å². The van der Waals surface area contributed by atoms with Crippen LogP contribution in [0.3, 0.4) is 0 Å². The maximum Gasteiger partial charge on any atom is 0.274 e. The number of aliphatic hydroxyl groups excluding tert-OH is 1. The van der Waals surface area contributed by atoms with Crippen LogP contribution in [0.25, 0.3) is 0 Å². The molecule has 0 atom stereocenters. The lowest BCUT2D eigenvalue weighted by molar-refractivity contribution is -0.131. The molecule has 2 amide bonds. The summed E-state index contributed by atoms with van der Waals surface area (Å²) in [4.78, 5) is 31.2. The normalized spacial score (nSPS) is 16.4. The number of likely N-dealkylation sites (tertiary alicyclic amines) is 1. The highest BCUT2D eigenvalue weighted by Gasteiger charge is 2.33. The molecule has 1 N–H and O–H groups in total. The standard InChI is InChI=1S/C27H32N4O3S/c32-21-10-14-29(15-11-21)27(34)26-23-19-30(25(33)18-22-9-5-17-35-22)16-12-24(23)31(28-26)13-4-8-20-6-2-1-3-7-20/h1-3,5-7,9,17,21,32H,4,8,10-16,18-19H2. The highest BCUT2D eigenvalue weighted by molar-refractivity contribution is 7.10. The number of benzene rings is 1. The van der Waals surface area contributed by atoms with Crippen molar-refractivity contribution in [3.05, 3.63) is 75.2 Å². The van der Waals surface area contributed by atoms with Crippen molar-refractivity contribution in [1.82, 2.24) is 19.6 Å². The molecule has 2 aliphatic heterocycles. The number of carbonyl (C=O) groups excluding carboxylic acids is 2. The van der Waals surface area contributed by atoms with Gasteiger partial charge in [-0.15, -0.1) is 11.3 Å². The van der Waals surface area contributed by atoms with Crippen molar-refractivity contribution >= 4 is 23.2 Å². The van der Waals surface area contributed by atoms with Gasteiger partial charge in [0.15, 0.2) is 5.69 Å². The Morgan fingerprint density at radius 3 is 2.57 bits per heavy atom. The molecule has 1 saturated heterocycles. The van der Waals surface area contributed by atoms with E-state index in [1.807, 2.05) is 33.2 Å². The van der Waals surface area contributed by atoms with Crippen molar-refractivity contribution in [3.8, 4) is 0 Å². The lowest BCUT2D eigenvalue weighted by Gasteiger charge is -2.30. The Labute approximate surface area is 210 Å². The zero-order chi connectivity index (χ0) is 24.2. The summed E-state index contributed by atoms with van der Waals surface area (Å²) < 4.78 is 2.01. The molecule has 0 saturated carbocycles. The first-order chi connectivity index (χ1) is 17.1. The SMILES string of the molecule is O=C(Cc1cccs1)N1CCc2c(c(C(=O)N3CCC(O)CC3)nn2CCCc2ccccc2)C1. The first-order valence-corrected chi connectivity index (χ1v) is 13.4. The molecule has 35 heavy (non-hydrogen) atoms. The van der Waals surface area contributed by atoms with Gasteiger partial charge < -0.3 is 14.9 Å². The molecular formula is C27H32N4O3S. The smallest absolute Gasteiger partial charge is 0.274 e. The van der Waals surface area contributed by atoms with E-state index in [9.17, 15) is 14.7 Å². The molecule has 0 aliphatic carbocycles. The third-order valence-electron chi connectivity index (χ3n) is 7.02. The average Bonchev–Trinajstić information content (AvgIpc) is 3.52. The van der Waals surface area contributed by atoms with E-state index >= 15 is 0 Å². The van der Waals surface area contributed by atoms with E-state index in [4.69, 9.17) is 5.10 Å². The summed E-state index contributed by atoms with van der Waals surface area (Å²) in [5, 5.41) is 16.7. The minimum atomic E-state index is -0.339. The molecule has 0 spiro atoms. The third kappa shape index (κ3) is 5.49. The second-order valence-corrected chi connectivity index (χ2v) is 10.5. The zero-order valence-electron chi connectivity index (χ0n) is 19.9. The van der Waals surface area contributed by atoms with Crippen LogP contribution in [0.5, 0.6) is 0 Å². The van der Waals surface area contributed by atoms with Gasteiger partial charge >= 0.3 is 0 Å². The van der Waals surface area contributed by atoms with Gasteiger partial charge in [0.25, 0.3) is 5.91 Å². The van der Waals surface area contributed by atoms with Crippen molar-refractivity contribution in [3.63, 3.8) is 0 Å². The molecule has 0 bridgehead atoms. The van der Waals surface area contributed by atoms with Crippen LogP contribution >= 0.6 is 11.3 Å². The second-order valence-electron chi connectivity index (χ2n) is 9.43. The molecule has 4 heterocycles. The number of carbonyl (C=O) groups is 2. The summed E-state index contributed by atoms with van der Waals surface area (Å²) in [6, 6.07) is 14.4. The fourth-order valence-electron chi connectivity index (χ4n) is 5.03. The van der Waals surface area contributed by atoms with E-state index in [0.717, 1.165) is 35.5 Å². The van der Waals surface area contributed by atoms with Crippen molar-refractivity contribution < 1.29 is 14.7 Å². The number of rotatable bonds is 7. The number of hydrogen-bond donors (Lipinski definition) is 1. The Morgan fingerprint density at radius 2 is 1.83 bits per heavy atom. The number of piperidine rings is 1. The number of thiophene rings is 1. The van der Waals surface area contributed by atoms with E-state index < -0.39 is 0 Å². The molecule has 2 aromatic heterocycles. The van der Waals surface area contributed by atoms with E-state index in [1.165, 1.54) is 5.56 Å². The van der Waals surface area contributed by atoms with Gasteiger partial charge in [0.05, 0.1) is 12.5 Å². The maximum atomic E-state index is 13.5. The van der Waals surface area contributed by atoms with Gasteiger partial charge in [0.1, 0.15) is 0 Å². The summed E-state index contributed by atoms with van der Waals surface area (Å²) in [5.74, 6) is 0.0111. The van der Waals surface area contributed by atoms with Crippen LogP contribution < -0.4 is 0 Å². The number of aryl methyl sites for hydroxylation is 2. The first-order valence-electron chi connectivity index (χ1n) is 12.5. The van der Waals surface area contributed by atoms with Crippen molar-refractivity contribution in [1.29, 1.82) is 0 Å². The Balaban J connectivity index is 1.35. The number of nitrogens with zero attached hydrogens (tertiary/aromatic N) is 4. The molecule has 0 unspecified atom stereocenters. The number of fused-ring (bicyclic) bond motifs is 1. The Hall–Kier alpha value is -2.97. The van der Waals surface area contributed by atoms with E-state index in [0.29, 0.717) is 57.6 Å². The highest BCUT2D eigenvalue weighted by Crippen LogP contribution is 2.26. The third-order valence-corrected chi connectivity index (χ3v) is 7.90. The van der Waals surface area contributed by atoms with E-state index in [-0.39, 0.29) is 17.9 Å². The molecule has 7 nitrogen and oxygen atoms in total. The number of aliphatic hydroxyl groups is 1.